The molecule has 0 spiro atoms. The Balaban J connectivity index is 0.000000231. The van der Waals surface area contributed by atoms with E-state index >= 15 is 0 Å². The third-order valence-electron chi connectivity index (χ3n) is 9.99. The number of hydrogen-bond donors (Lipinski definition) is 0. The van der Waals surface area contributed by atoms with Crippen LogP contribution in [0.4, 0.5) is 0 Å². The Morgan fingerprint density at radius 2 is 1.35 bits per heavy atom. The van der Waals surface area contributed by atoms with Gasteiger partial charge in [0.2, 0.25) is 0 Å². The number of nitrogens with zero attached hydrogens (tertiary/aromatic N) is 4. The Morgan fingerprint density at radius 1 is 0.618 bits per heavy atom. The zero-order valence-corrected chi connectivity index (χ0v) is 34.1. The van der Waals surface area contributed by atoms with E-state index in [4.69, 9.17) is 4.42 Å². The van der Waals surface area contributed by atoms with Crippen LogP contribution in [0, 0.1) is 23.5 Å². The third-order valence-corrected chi connectivity index (χ3v) is 9.99. The van der Waals surface area contributed by atoms with E-state index in [1.165, 1.54) is 11.1 Å². The quantitative estimate of drug-likeness (QED) is 0.166. The number of pyridine rings is 2. The number of hydrogen-bond acceptors (Lipinski definition) is 4. The molecule has 0 amide bonds. The van der Waals surface area contributed by atoms with Crippen molar-refractivity contribution in [1.29, 1.82) is 5.26 Å². The van der Waals surface area contributed by atoms with Crippen molar-refractivity contribution in [3.63, 3.8) is 0 Å². The Morgan fingerprint density at radius 3 is 2.04 bits per heavy atom. The molecule has 0 N–H and O–H groups in total. The minimum atomic E-state index is 0. The summed E-state index contributed by atoms with van der Waals surface area (Å²) < 4.78 is 8.85. The van der Waals surface area contributed by atoms with Gasteiger partial charge in [-0.3, -0.25) is 0 Å². The molecule has 0 saturated heterocycles. The molecule has 0 aliphatic carbocycles. The molecule has 55 heavy (non-hydrogen) atoms. The summed E-state index contributed by atoms with van der Waals surface area (Å²) in [6, 6.07) is 49.7. The zero-order chi connectivity index (χ0) is 37.6. The van der Waals surface area contributed by atoms with Crippen LogP contribution in [0.3, 0.4) is 0 Å². The van der Waals surface area contributed by atoms with Crippen LogP contribution in [-0.4, -0.2) is 14.5 Å². The van der Waals surface area contributed by atoms with Crippen molar-refractivity contribution in [3.05, 3.63) is 163 Å². The van der Waals surface area contributed by atoms with Crippen molar-refractivity contribution < 1.29 is 24.5 Å². The fraction of sp³-hybridized carbons (Fsp3) is 0.163. The van der Waals surface area contributed by atoms with Crippen molar-refractivity contribution in [3.8, 4) is 34.3 Å². The first-order valence-electron chi connectivity index (χ1n) is 18.2. The van der Waals surface area contributed by atoms with E-state index in [0.29, 0.717) is 16.7 Å². The smallest absolute Gasteiger partial charge is 0.146 e. The van der Waals surface area contributed by atoms with Crippen LogP contribution in [0.15, 0.2) is 138 Å². The fourth-order valence-corrected chi connectivity index (χ4v) is 7.03. The molecule has 4 heterocycles. The van der Waals surface area contributed by atoms with Gasteiger partial charge in [0.1, 0.15) is 17.3 Å². The number of benzene rings is 5. The second-order valence-corrected chi connectivity index (χ2v) is 15.7. The van der Waals surface area contributed by atoms with Gasteiger partial charge in [-0.25, -0.2) is 0 Å². The number of aromatic nitrogens is 3. The summed E-state index contributed by atoms with van der Waals surface area (Å²) in [4.78, 5) is 9.02. The van der Waals surface area contributed by atoms with Crippen LogP contribution >= 0.6 is 0 Å². The van der Waals surface area contributed by atoms with E-state index in [0.717, 1.165) is 60.8 Å². The topological polar surface area (TPSA) is 67.6 Å². The van der Waals surface area contributed by atoms with Gasteiger partial charge in [0.05, 0.1) is 22.2 Å². The second kappa shape index (κ2) is 14.8. The van der Waals surface area contributed by atoms with Crippen LogP contribution in [0.5, 0.6) is 0 Å². The normalized spacial score (nSPS) is 11.7. The molecule has 0 fully saturated rings. The molecule has 9 aromatic rings. The summed E-state index contributed by atoms with van der Waals surface area (Å²) in [5.74, 6) is 0. The van der Waals surface area contributed by atoms with Crippen LogP contribution in [0.2, 0.25) is 0 Å². The third kappa shape index (κ3) is 6.98. The second-order valence-electron chi connectivity index (χ2n) is 15.7. The van der Waals surface area contributed by atoms with Gasteiger partial charge in [-0.1, -0.05) is 107 Å². The average Bonchev–Trinajstić information content (AvgIpc) is 3.73. The molecule has 1 radical (unpaired) electrons. The molecule has 5 aromatic carbocycles. The Kier molecular flexibility index (Phi) is 10.0. The molecule has 0 unspecified atom stereocenters. The van der Waals surface area contributed by atoms with Crippen molar-refractivity contribution in [2.24, 2.45) is 0 Å². The molecule has 0 atom stereocenters. The molecule has 6 heteroatoms. The van der Waals surface area contributed by atoms with E-state index in [-0.39, 0.29) is 30.9 Å². The molecule has 0 bridgehead atoms. The largest absolute Gasteiger partial charge is 0.498 e. The summed E-state index contributed by atoms with van der Waals surface area (Å²) in [6.07, 6.45) is 3.73. The van der Waals surface area contributed by atoms with Gasteiger partial charge in [-0.2, -0.15) is 5.26 Å². The van der Waals surface area contributed by atoms with Crippen molar-refractivity contribution in [2.75, 3.05) is 0 Å². The molecule has 9 rings (SSSR count). The average molecular weight is 893 g/mol. The van der Waals surface area contributed by atoms with Gasteiger partial charge < -0.3 is 19.0 Å². The van der Waals surface area contributed by atoms with Crippen LogP contribution in [0.1, 0.15) is 58.2 Å². The van der Waals surface area contributed by atoms with Crippen molar-refractivity contribution in [2.45, 2.75) is 52.4 Å². The van der Waals surface area contributed by atoms with Crippen molar-refractivity contribution in [1.82, 2.24) is 14.5 Å². The summed E-state index contributed by atoms with van der Waals surface area (Å²) in [6.45, 7) is 13.3. The Labute approximate surface area is 335 Å². The molecular formula is C49H40IrN4O-2. The van der Waals surface area contributed by atoms with Gasteiger partial charge in [0, 0.05) is 48.7 Å². The predicted octanol–water partition coefficient (Wildman–Crippen LogP) is 12.6. The summed E-state index contributed by atoms with van der Waals surface area (Å²) in [7, 11) is 0. The first-order valence-corrected chi connectivity index (χ1v) is 18.2. The Hall–Kier alpha value is -5.86. The molecule has 0 aliphatic heterocycles. The first-order chi connectivity index (χ1) is 26.0. The van der Waals surface area contributed by atoms with E-state index in [2.05, 4.69) is 123 Å². The van der Waals surface area contributed by atoms with Gasteiger partial charge >= 0.3 is 0 Å². The van der Waals surface area contributed by atoms with E-state index in [1.807, 2.05) is 79.0 Å². The number of rotatable bonds is 3. The van der Waals surface area contributed by atoms with Crippen LogP contribution in [-0.2, 0) is 30.9 Å². The molecule has 4 aromatic heterocycles. The maximum atomic E-state index is 10.3. The maximum absolute atomic E-state index is 10.3. The molecular weight excluding hydrogens is 853 g/mol. The van der Waals surface area contributed by atoms with Crippen molar-refractivity contribution >= 4 is 43.7 Å². The summed E-state index contributed by atoms with van der Waals surface area (Å²) >= 11 is 0. The number of furan rings is 1. The number of para-hydroxylation sites is 1. The Bertz CT molecular complexity index is 2830. The fourth-order valence-electron chi connectivity index (χ4n) is 7.03. The summed E-state index contributed by atoms with van der Waals surface area (Å²) in [5, 5.41) is 14.5. The first kappa shape index (κ1) is 37.5. The molecule has 5 nitrogen and oxygen atoms in total. The van der Waals surface area contributed by atoms with E-state index in [1.54, 1.807) is 6.20 Å². The monoisotopic (exact) mass is 893 g/mol. The molecule has 0 saturated carbocycles. The van der Waals surface area contributed by atoms with Gasteiger partial charge in [0.25, 0.3) is 0 Å². The van der Waals surface area contributed by atoms with Crippen LogP contribution in [0.25, 0.3) is 71.9 Å². The van der Waals surface area contributed by atoms with Gasteiger partial charge in [0.15, 0.2) is 0 Å². The summed E-state index contributed by atoms with van der Waals surface area (Å²) in [5.41, 5.74) is 11.1. The van der Waals surface area contributed by atoms with Gasteiger partial charge in [-0.05, 0) is 63.7 Å². The minimum Gasteiger partial charge on any atom is -0.498 e. The van der Waals surface area contributed by atoms with E-state index < -0.39 is 0 Å². The number of nitriles is 1. The minimum absolute atomic E-state index is 0. The van der Waals surface area contributed by atoms with Gasteiger partial charge in [-0.15, -0.1) is 54.1 Å². The molecule has 0 aliphatic rings. The SMILES string of the molecule is CC(C)(C)c1ccc(-c2[c-]cccc2)nc1.CC(C)(C)c1ccc2c(c1)c1ccccc1n2-c1c(C#N)ccc2c1oc1c(-c3ccccn3)[c-]ccc12.[Ir]. The number of fused-ring (bicyclic) bond motifs is 6. The predicted molar refractivity (Wildman–Crippen MR) is 221 cm³/mol. The van der Waals surface area contributed by atoms with Crippen LogP contribution < -0.4 is 0 Å². The van der Waals surface area contributed by atoms with E-state index in [9.17, 15) is 5.26 Å². The molecule has 273 valence electrons. The maximum Gasteiger partial charge on any atom is 0.146 e. The zero-order valence-electron chi connectivity index (χ0n) is 31.7. The standard InChI is InChI=1S/C34H24N3O.C15H16N.Ir/c1-34(2,3)22-15-17-30-27(19-22)23-9-4-5-13-29(23)37(30)31-21(20-35)14-16-25-24-10-8-11-26(32(24)38-33(25)31)28-12-6-7-18-36-28;1-15(2,3)13-9-10-14(16-11-13)12-7-5-4-6-8-12;/h4-10,12-19H,1-3H3;4-7,9-11H,1-3H3;/q2*-1;.